The van der Waals surface area contributed by atoms with E-state index in [1.165, 1.54) is 18.2 Å². The molecule has 0 spiro atoms. The summed E-state index contributed by atoms with van der Waals surface area (Å²) in [4.78, 5) is 12.7. The molecule has 1 atom stereocenters. The predicted molar refractivity (Wildman–Crippen MR) is 130 cm³/mol. The molecule has 0 radical (unpaired) electrons. The number of hydrogen-bond acceptors (Lipinski definition) is 4. The van der Waals surface area contributed by atoms with Gasteiger partial charge in [0.1, 0.15) is 24.1 Å². The number of nitriles is 1. The monoisotopic (exact) mass is 478 g/mol. The van der Waals surface area contributed by atoms with Crippen molar-refractivity contribution in [3.8, 4) is 17.6 Å². The summed E-state index contributed by atoms with van der Waals surface area (Å²) < 4.78 is 24.9. The van der Waals surface area contributed by atoms with Gasteiger partial charge in [0.2, 0.25) is 0 Å². The van der Waals surface area contributed by atoms with Gasteiger partial charge in [-0.3, -0.25) is 4.79 Å². The molecule has 1 N–H and O–H groups in total. The third kappa shape index (κ3) is 6.60. The molecule has 7 heteroatoms. The average Bonchev–Trinajstić information content (AvgIpc) is 2.82. The number of benzene rings is 3. The Morgan fingerprint density at radius 3 is 2.59 bits per heavy atom. The minimum Gasteiger partial charge on any atom is -0.490 e. The number of carbonyl (C=O) groups is 1. The molecule has 0 saturated carbocycles. The molecule has 0 aliphatic heterocycles. The molecular weight excluding hydrogens is 455 g/mol. The van der Waals surface area contributed by atoms with Gasteiger partial charge in [0, 0.05) is 0 Å². The fourth-order valence-corrected chi connectivity index (χ4v) is 3.54. The SMILES string of the molecule is CCOc1cc(/C=C(/C#N)C(=O)N[C@@H](C)c2ccccc2)cc(Cl)c1OCc1cccc(F)c1. The lowest BCUT2D eigenvalue weighted by Gasteiger charge is -2.15. The second-order valence-electron chi connectivity index (χ2n) is 7.46. The highest BCUT2D eigenvalue weighted by atomic mass is 35.5. The average molecular weight is 479 g/mol. The normalized spacial score (nSPS) is 11.9. The molecule has 3 rings (SSSR count). The molecule has 174 valence electrons. The number of halogens is 2. The summed E-state index contributed by atoms with van der Waals surface area (Å²) >= 11 is 6.45. The summed E-state index contributed by atoms with van der Waals surface area (Å²) in [5, 5.41) is 12.6. The van der Waals surface area contributed by atoms with Crippen LogP contribution in [0.1, 0.15) is 36.6 Å². The molecule has 0 bridgehead atoms. The van der Waals surface area contributed by atoms with Crippen LogP contribution in [0.4, 0.5) is 4.39 Å². The number of carbonyl (C=O) groups excluding carboxylic acids is 1. The molecule has 5 nitrogen and oxygen atoms in total. The third-order valence-electron chi connectivity index (χ3n) is 4.93. The lowest BCUT2D eigenvalue weighted by Crippen LogP contribution is -2.27. The van der Waals surface area contributed by atoms with Crippen molar-refractivity contribution in [1.29, 1.82) is 5.26 Å². The fraction of sp³-hybridized carbons (Fsp3) is 0.185. The van der Waals surface area contributed by atoms with E-state index in [-0.39, 0.29) is 29.1 Å². The highest BCUT2D eigenvalue weighted by Crippen LogP contribution is 2.38. The minimum atomic E-state index is -0.501. The van der Waals surface area contributed by atoms with E-state index in [2.05, 4.69) is 5.32 Å². The van der Waals surface area contributed by atoms with Crippen molar-refractivity contribution >= 4 is 23.6 Å². The van der Waals surface area contributed by atoms with Crippen LogP contribution in [0.3, 0.4) is 0 Å². The smallest absolute Gasteiger partial charge is 0.262 e. The van der Waals surface area contributed by atoms with Crippen LogP contribution >= 0.6 is 11.6 Å². The van der Waals surface area contributed by atoms with Crippen LogP contribution in [-0.4, -0.2) is 12.5 Å². The van der Waals surface area contributed by atoms with E-state index in [4.69, 9.17) is 21.1 Å². The van der Waals surface area contributed by atoms with Crippen LogP contribution in [0.15, 0.2) is 72.3 Å². The van der Waals surface area contributed by atoms with Gasteiger partial charge in [0.15, 0.2) is 11.5 Å². The maximum atomic E-state index is 13.4. The first-order valence-corrected chi connectivity index (χ1v) is 11.1. The summed E-state index contributed by atoms with van der Waals surface area (Å²) in [5.41, 5.74) is 1.99. The van der Waals surface area contributed by atoms with Crippen molar-refractivity contribution in [2.75, 3.05) is 6.61 Å². The van der Waals surface area contributed by atoms with Crippen LogP contribution < -0.4 is 14.8 Å². The zero-order valence-corrected chi connectivity index (χ0v) is 19.6. The molecule has 3 aromatic carbocycles. The van der Waals surface area contributed by atoms with Crippen molar-refractivity contribution in [3.63, 3.8) is 0 Å². The molecular formula is C27H24ClFN2O3. The first-order valence-electron chi connectivity index (χ1n) is 10.7. The molecule has 0 saturated heterocycles. The van der Waals surface area contributed by atoms with Crippen LogP contribution in [0.25, 0.3) is 6.08 Å². The lowest BCUT2D eigenvalue weighted by molar-refractivity contribution is -0.117. The summed E-state index contributed by atoms with van der Waals surface area (Å²) in [6.07, 6.45) is 1.44. The highest BCUT2D eigenvalue weighted by molar-refractivity contribution is 6.32. The molecule has 0 unspecified atom stereocenters. The summed E-state index contributed by atoms with van der Waals surface area (Å²) in [7, 11) is 0. The Kier molecular flexibility index (Phi) is 8.66. The first-order chi connectivity index (χ1) is 16.4. The number of ether oxygens (including phenoxy) is 2. The van der Waals surface area contributed by atoms with Crippen LogP contribution in [-0.2, 0) is 11.4 Å². The van der Waals surface area contributed by atoms with Gasteiger partial charge in [-0.15, -0.1) is 0 Å². The molecule has 0 aliphatic rings. The number of rotatable bonds is 9. The van der Waals surface area contributed by atoms with Gasteiger partial charge in [-0.2, -0.15) is 5.26 Å². The largest absolute Gasteiger partial charge is 0.490 e. The third-order valence-corrected chi connectivity index (χ3v) is 5.21. The molecule has 0 fully saturated rings. The van der Waals surface area contributed by atoms with Gasteiger partial charge < -0.3 is 14.8 Å². The van der Waals surface area contributed by atoms with E-state index in [1.807, 2.05) is 50.2 Å². The van der Waals surface area contributed by atoms with E-state index in [1.54, 1.807) is 24.3 Å². The summed E-state index contributed by atoms with van der Waals surface area (Å²) in [6.45, 7) is 4.10. The van der Waals surface area contributed by atoms with Crippen LogP contribution in [0, 0.1) is 17.1 Å². The molecule has 1 amide bonds. The highest BCUT2D eigenvalue weighted by Gasteiger charge is 2.16. The topological polar surface area (TPSA) is 71.3 Å². The van der Waals surface area contributed by atoms with Crippen LogP contribution in [0.2, 0.25) is 5.02 Å². The lowest BCUT2D eigenvalue weighted by atomic mass is 10.1. The Morgan fingerprint density at radius 1 is 1.15 bits per heavy atom. The number of amides is 1. The molecule has 3 aromatic rings. The number of nitrogens with zero attached hydrogens (tertiary/aromatic N) is 1. The zero-order chi connectivity index (χ0) is 24.5. The molecule has 0 heterocycles. The first kappa shape index (κ1) is 24.8. The Bertz CT molecular complexity index is 1220. The maximum Gasteiger partial charge on any atom is 0.262 e. The maximum absolute atomic E-state index is 13.4. The quantitative estimate of drug-likeness (QED) is 0.292. The zero-order valence-electron chi connectivity index (χ0n) is 18.8. The summed E-state index contributed by atoms with van der Waals surface area (Å²) in [6, 6.07) is 20.4. The molecule has 0 aromatic heterocycles. The van der Waals surface area contributed by atoms with Crippen LogP contribution in [0.5, 0.6) is 11.5 Å². The van der Waals surface area contributed by atoms with E-state index in [0.717, 1.165) is 5.56 Å². The Labute approximate surface area is 203 Å². The second kappa shape index (κ2) is 11.9. The van der Waals surface area contributed by atoms with E-state index in [0.29, 0.717) is 29.2 Å². The Morgan fingerprint density at radius 2 is 1.91 bits per heavy atom. The molecule has 34 heavy (non-hydrogen) atoms. The standard InChI is InChI=1S/C27H24ClFN2O3/c1-3-33-25-15-20(14-24(28)26(25)34-17-19-8-7-11-23(29)13-19)12-22(16-30)27(32)31-18(2)21-9-5-4-6-10-21/h4-15,18H,3,17H2,1-2H3,(H,31,32)/b22-12-/t18-/m0/s1. The van der Waals surface area contributed by atoms with Gasteiger partial charge in [-0.05, 0) is 60.9 Å². The number of nitrogens with one attached hydrogen (secondary N) is 1. The Hall–Kier alpha value is -3.82. The van der Waals surface area contributed by atoms with Crippen molar-refractivity contribution < 1.29 is 18.7 Å². The second-order valence-corrected chi connectivity index (χ2v) is 7.86. The van der Waals surface area contributed by atoms with Gasteiger partial charge >= 0.3 is 0 Å². The van der Waals surface area contributed by atoms with Crippen molar-refractivity contribution in [2.45, 2.75) is 26.5 Å². The van der Waals surface area contributed by atoms with Crippen molar-refractivity contribution in [3.05, 3.63) is 99.8 Å². The minimum absolute atomic E-state index is 0.0743. The van der Waals surface area contributed by atoms with Gasteiger partial charge in [-0.25, -0.2) is 4.39 Å². The van der Waals surface area contributed by atoms with E-state index < -0.39 is 5.91 Å². The van der Waals surface area contributed by atoms with Crippen molar-refractivity contribution in [1.82, 2.24) is 5.32 Å². The predicted octanol–water partition coefficient (Wildman–Crippen LogP) is 6.24. The van der Waals surface area contributed by atoms with Gasteiger partial charge in [-0.1, -0.05) is 54.1 Å². The van der Waals surface area contributed by atoms with E-state index in [9.17, 15) is 14.4 Å². The van der Waals surface area contributed by atoms with Gasteiger partial charge in [0.05, 0.1) is 17.7 Å². The van der Waals surface area contributed by atoms with E-state index >= 15 is 0 Å². The number of hydrogen-bond donors (Lipinski definition) is 1. The van der Waals surface area contributed by atoms with Crippen molar-refractivity contribution in [2.24, 2.45) is 0 Å². The van der Waals surface area contributed by atoms with Gasteiger partial charge in [0.25, 0.3) is 5.91 Å². The fourth-order valence-electron chi connectivity index (χ4n) is 3.27. The summed E-state index contributed by atoms with van der Waals surface area (Å²) in [5.74, 6) is -0.209. The molecule has 0 aliphatic carbocycles. The Balaban J connectivity index is 1.82.